The Bertz CT molecular complexity index is 1250. The van der Waals surface area contributed by atoms with Crippen molar-refractivity contribution in [3.63, 3.8) is 0 Å². The molecular formula is C22H29N5O3S. The van der Waals surface area contributed by atoms with Crippen molar-refractivity contribution in [3.05, 3.63) is 35.3 Å². The van der Waals surface area contributed by atoms with Crippen molar-refractivity contribution >= 4 is 26.8 Å². The summed E-state index contributed by atoms with van der Waals surface area (Å²) in [5, 5.41) is 0. The number of anilines is 1. The van der Waals surface area contributed by atoms with Gasteiger partial charge in [0, 0.05) is 31.1 Å². The molecule has 0 unspecified atom stereocenters. The number of hydrogen-bond donors (Lipinski definition) is 0. The summed E-state index contributed by atoms with van der Waals surface area (Å²) in [6.45, 7) is 9.55. The number of ether oxygens (including phenoxy) is 1. The van der Waals surface area contributed by atoms with Crippen molar-refractivity contribution in [2.75, 3.05) is 24.8 Å². The molecule has 0 radical (unpaired) electrons. The van der Waals surface area contributed by atoms with Crippen molar-refractivity contribution in [1.82, 2.24) is 19.5 Å². The molecule has 0 saturated heterocycles. The van der Waals surface area contributed by atoms with Crippen LogP contribution in [-0.4, -0.2) is 47.8 Å². The monoisotopic (exact) mass is 443 g/mol. The second kappa shape index (κ2) is 7.78. The number of fused-ring (bicyclic) bond motifs is 3. The van der Waals surface area contributed by atoms with Crippen LogP contribution in [0.1, 0.15) is 43.8 Å². The van der Waals surface area contributed by atoms with E-state index in [9.17, 15) is 8.42 Å². The molecule has 3 aromatic rings. The third-order valence-corrected chi connectivity index (χ3v) is 7.08. The number of aryl methyl sites for hydroxylation is 2. The van der Waals surface area contributed by atoms with Crippen molar-refractivity contribution in [2.24, 2.45) is 5.92 Å². The molecule has 0 fully saturated rings. The van der Waals surface area contributed by atoms with Crippen molar-refractivity contribution in [3.8, 4) is 5.88 Å². The van der Waals surface area contributed by atoms with Gasteiger partial charge in [0.1, 0.15) is 5.82 Å². The molecule has 31 heavy (non-hydrogen) atoms. The smallest absolute Gasteiger partial charge is 0.229 e. The Kier molecular flexibility index (Phi) is 5.41. The van der Waals surface area contributed by atoms with Gasteiger partial charge in [-0.3, -0.25) is 0 Å². The van der Waals surface area contributed by atoms with Gasteiger partial charge in [-0.2, -0.15) is 4.98 Å². The average Bonchev–Trinajstić information content (AvgIpc) is 3.09. The van der Waals surface area contributed by atoms with Gasteiger partial charge in [0.05, 0.1) is 29.1 Å². The highest BCUT2D eigenvalue weighted by molar-refractivity contribution is 7.90. The Morgan fingerprint density at radius 2 is 1.97 bits per heavy atom. The Balaban J connectivity index is 1.88. The topological polar surface area (TPSA) is 90.2 Å². The van der Waals surface area contributed by atoms with Crippen LogP contribution in [0, 0.1) is 12.8 Å². The molecule has 4 rings (SSSR count). The molecule has 0 bridgehead atoms. The summed E-state index contributed by atoms with van der Waals surface area (Å²) in [6, 6.07) is 3.67. The van der Waals surface area contributed by atoms with Gasteiger partial charge < -0.3 is 14.2 Å². The Labute approximate surface area is 183 Å². The minimum Gasteiger partial charge on any atom is -0.481 e. The molecule has 0 saturated carbocycles. The van der Waals surface area contributed by atoms with E-state index in [-0.39, 0.29) is 12.0 Å². The standard InChI is InChI=1S/C22H29N5O3S/c1-7-15-10-16-17(11-18(15)31(6,28)29)26-8-9-27(19(13(2)3)20(26)24-16)22-23-12-14(4)21(25-22)30-5/h10-13,19H,7-9H2,1-6H3/t19-/m1/s1. The van der Waals surface area contributed by atoms with Gasteiger partial charge in [-0.15, -0.1) is 0 Å². The molecule has 0 aliphatic carbocycles. The molecule has 2 aromatic heterocycles. The summed E-state index contributed by atoms with van der Waals surface area (Å²) >= 11 is 0. The maximum atomic E-state index is 12.4. The SMILES string of the molecule is CCc1cc2nc3n(c2cc1S(C)(=O)=O)CCN(c1ncc(C)c(OC)n1)[C@@H]3C(C)C. The van der Waals surface area contributed by atoms with Gasteiger partial charge in [0.15, 0.2) is 9.84 Å². The summed E-state index contributed by atoms with van der Waals surface area (Å²) < 4.78 is 32.3. The van der Waals surface area contributed by atoms with E-state index in [1.54, 1.807) is 19.4 Å². The minimum atomic E-state index is -3.32. The van der Waals surface area contributed by atoms with E-state index in [0.29, 0.717) is 36.2 Å². The van der Waals surface area contributed by atoms with E-state index in [1.807, 2.05) is 19.9 Å². The van der Waals surface area contributed by atoms with Crippen LogP contribution in [0.4, 0.5) is 5.95 Å². The van der Waals surface area contributed by atoms with Crippen molar-refractivity contribution < 1.29 is 13.2 Å². The molecule has 0 spiro atoms. The van der Waals surface area contributed by atoms with Gasteiger partial charge in [-0.25, -0.2) is 18.4 Å². The first-order valence-corrected chi connectivity index (χ1v) is 12.4. The largest absolute Gasteiger partial charge is 0.481 e. The first-order valence-electron chi connectivity index (χ1n) is 10.5. The van der Waals surface area contributed by atoms with Crippen LogP contribution in [0.15, 0.2) is 23.2 Å². The number of rotatable bonds is 5. The summed E-state index contributed by atoms with van der Waals surface area (Å²) in [7, 11) is -1.71. The molecule has 8 nitrogen and oxygen atoms in total. The quantitative estimate of drug-likeness (QED) is 0.597. The molecule has 166 valence electrons. The zero-order valence-electron chi connectivity index (χ0n) is 18.9. The van der Waals surface area contributed by atoms with E-state index < -0.39 is 9.84 Å². The maximum Gasteiger partial charge on any atom is 0.229 e. The lowest BCUT2D eigenvalue weighted by atomic mass is 10.00. The van der Waals surface area contributed by atoms with Gasteiger partial charge in [0.25, 0.3) is 0 Å². The molecule has 1 aliphatic heterocycles. The second-order valence-electron chi connectivity index (χ2n) is 8.44. The van der Waals surface area contributed by atoms with Crippen LogP contribution in [-0.2, 0) is 22.8 Å². The van der Waals surface area contributed by atoms with Crippen molar-refractivity contribution in [1.29, 1.82) is 0 Å². The average molecular weight is 444 g/mol. The predicted molar refractivity (Wildman–Crippen MR) is 120 cm³/mol. The fraction of sp³-hybridized carbons (Fsp3) is 0.500. The van der Waals surface area contributed by atoms with Crippen LogP contribution >= 0.6 is 0 Å². The Morgan fingerprint density at radius 1 is 1.23 bits per heavy atom. The number of aromatic nitrogens is 4. The van der Waals surface area contributed by atoms with Gasteiger partial charge >= 0.3 is 0 Å². The Hall–Kier alpha value is -2.68. The summed E-state index contributed by atoms with van der Waals surface area (Å²) in [4.78, 5) is 16.7. The molecule has 0 amide bonds. The lowest BCUT2D eigenvalue weighted by Crippen LogP contribution is -2.41. The number of sulfone groups is 1. The fourth-order valence-electron chi connectivity index (χ4n) is 4.43. The molecule has 1 aromatic carbocycles. The zero-order valence-corrected chi connectivity index (χ0v) is 19.7. The normalized spacial score (nSPS) is 16.7. The van der Waals surface area contributed by atoms with Crippen LogP contribution in [0.25, 0.3) is 11.0 Å². The van der Waals surface area contributed by atoms with Crippen LogP contribution in [0.3, 0.4) is 0 Å². The lowest BCUT2D eigenvalue weighted by molar-refractivity contribution is 0.375. The number of hydrogen-bond acceptors (Lipinski definition) is 7. The van der Waals surface area contributed by atoms with E-state index >= 15 is 0 Å². The third kappa shape index (κ3) is 3.64. The predicted octanol–water partition coefficient (Wildman–Crippen LogP) is 3.33. The van der Waals surface area contributed by atoms with E-state index in [2.05, 4.69) is 33.3 Å². The second-order valence-corrected chi connectivity index (χ2v) is 10.4. The minimum absolute atomic E-state index is 0.0414. The number of imidazole rings is 1. The van der Waals surface area contributed by atoms with E-state index in [0.717, 1.165) is 28.0 Å². The molecule has 1 atom stereocenters. The summed E-state index contributed by atoms with van der Waals surface area (Å²) in [5.74, 6) is 2.33. The molecule has 3 heterocycles. The number of methoxy groups -OCH3 is 1. The van der Waals surface area contributed by atoms with Gasteiger partial charge in [-0.05, 0) is 37.0 Å². The van der Waals surface area contributed by atoms with Crippen LogP contribution < -0.4 is 9.64 Å². The highest BCUT2D eigenvalue weighted by Gasteiger charge is 2.35. The van der Waals surface area contributed by atoms with Crippen LogP contribution in [0.2, 0.25) is 0 Å². The molecule has 1 aliphatic rings. The van der Waals surface area contributed by atoms with Gasteiger partial charge in [-0.1, -0.05) is 20.8 Å². The summed E-state index contributed by atoms with van der Waals surface area (Å²) in [5.41, 5.74) is 3.38. The van der Waals surface area contributed by atoms with Gasteiger partial charge in [0.2, 0.25) is 11.8 Å². The van der Waals surface area contributed by atoms with Crippen LogP contribution in [0.5, 0.6) is 5.88 Å². The molecule has 9 heteroatoms. The molecule has 0 N–H and O–H groups in total. The number of nitrogens with zero attached hydrogens (tertiary/aromatic N) is 5. The summed E-state index contributed by atoms with van der Waals surface area (Å²) in [6.07, 6.45) is 3.68. The third-order valence-electron chi connectivity index (χ3n) is 5.90. The van der Waals surface area contributed by atoms with E-state index in [4.69, 9.17) is 9.72 Å². The van der Waals surface area contributed by atoms with Crippen molar-refractivity contribution in [2.45, 2.75) is 51.6 Å². The first-order chi connectivity index (χ1) is 14.7. The first kappa shape index (κ1) is 21.5. The highest BCUT2D eigenvalue weighted by atomic mass is 32.2. The lowest BCUT2D eigenvalue weighted by Gasteiger charge is -2.38. The van der Waals surface area contributed by atoms with E-state index in [1.165, 1.54) is 6.26 Å². The maximum absolute atomic E-state index is 12.4. The number of benzene rings is 1. The zero-order chi connectivity index (χ0) is 22.5. The highest BCUT2D eigenvalue weighted by Crippen LogP contribution is 2.37. The fourth-order valence-corrected chi connectivity index (χ4v) is 5.43. The Morgan fingerprint density at radius 3 is 2.58 bits per heavy atom. The molecular weight excluding hydrogens is 414 g/mol.